The van der Waals surface area contributed by atoms with Gasteiger partial charge in [-0.05, 0) is 46.2 Å². The van der Waals surface area contributed by atoms with Crippen LogP contribution >= 0.6 is 0 Å². The summed E-state index contributed by atoms with van der Waals surface area (Å²) in [5.74, 6) is -1.19. The number of fused-ring (bicyclic) bond motifs is 1. The number of carbonyl (C=O) groups is 4. The molecular formula is C30H37N3O9. The van der Waals surface area contributed by atoms with Gasteiger partial charge in [-0.2, -0.15) is 0 Å². The fourth-order valence-electron chi connectivity index (χ4n) is 5.01. The molecule has 1 aromatic heterocycles. The van der Waals surface area contributed by atoms with Gasteiger partial charge in [0.1, 0.15) is 34.8 Å². The molecular weight excluding hydrogens is 546 g/mol. The van der Waals surface area contributed by atoms with E-state index in [1.807, 2.05) is 0 Å². The molecule has 1 aromatic carbocycles. The van der Waals surface area contributed by atoms with Crippen molar-refractivity contribution >= 4 is 34.8 Å². The van der Waals surface area contributed by atoms with Crippen LogP contribution in [0.15, 0.2) is 36.9 Å². The number of methoxy groups -OCH3 is 2. The average molecular weight is 584 g/mol. The molecule has 4 atom stereocenters. The van der Waals surface area contributed by atoms with Crippen LogP contribution in [0.1, 0.15) is 51.0 Å². The standard InChI is InChI=1S/C30H37N3O9/c1-8-17-15-30(17,27(36)40-9-2)32-25(34)23-13-19(16-33(23)28(37)42-29(3,4)5)41-24-14-22(26(35)39-7)31-21-12-18(38-6)10-11-20(21)24/h8,10-12,14,17,19,23H,1,9,13,15-16H2,2-7H3,(H,32,34). The van der Waals surface area contributed by atoms with Crippen LogP contribution in [-0.4, -0.2) is 84.5 Å². The van der Waals surface area contributed by atoms with Gasteiger partial charge in [0.15, 0.2) is 5.69 Å². The van der Waals surface area contributed by atoms with Gasteiger partial charge in [0.05, 0.1) is 32.9 Å². The van der Waals surface area contributed by atoms with E-state index in [2.05, 4.69) is 16.9 Å². The maximum Gasteiger partial charge on any atom is 0.411 e. The van der Waals surface area contributed by atoms with E-state index in [-0.39, 0.29) is 31.2 Å². The van der Waals surface area contributed by atoms with Crippen LogP contribution < -0.4 is 14.8 Å². The van der Waals surface area contributed by atoms with E-state index in [1.165, 1.54) is 25.2 Å². The van der Waals surface area contributed by atoms with Crippen molar-refractivity contribution in [2.24, 2.45) is 5.92 Å². The summed E-state index contributed by atoms with van der Waals surface area (Å²) >= 11 is 0. The van der Waals surface area contributed by atoms with Gasteiger partial charge in [-0.15, -0.1) is 6.58 Å². The van der Waals surface area contributed by atoms with Crippen LogP contribution in [0.25, 0.3) is 10.9 Å². The number of pyridine rings is 1. The Morgan fingerprint density at radius 3 is 2.52 bits per heavy atom. The Morgan fingerprint density at radius 2 is 1.93 bits per heavy atom. The fraction of sp³-hybridized carbons (Fsp3) is 0.500. The molecule has 42 heavy (non-hydrogen) atoms. The molecule has 226 valence electrons. The van der Waals surface area contributed by atoms with Gasteiger partial charge in [-0.3, -0.25) is 9.69 Å². The lowest BCUT2D eigenvalue weighted by Gasteiger charge is -2.28. The van der Waals surface area contributed by atoms with Crippen molar-refractivity contribution in [3.8, 4) is 11.5 Å². The first-order chi connectivity index (χ1) is 19.8. The maximum atomic E-state index is 13.7. The number of carbonyl (C=O) groups excluding carboxylic acids is 4. The normalized spacial score (nSPS) is 23.1. The summed E-state index contributed by atoms with van der Waals surface area (Å²) in [5, 5.41) is 3.42. The van der Waals surface area contributed by atoms with Crippen molar-refractivity contribution < 1.29 is 42.9 Å². The highest BCUT2D eigenvalue weighted by molar-refractivity contribution is 5.96. The van der Waals surface area contributed by atoms with Gasteiger partial charge in [0.25, 0.3) is 0 Å². The number of likely N-dealkylation sites (tertiary alicyclic amines) is 1. The van der Waals surface area contributed by atoms with Crippen LogP contribution in [0.4, 0.5) is 4.79 Å². The molecule has 1 aliphatic carbocycles. The Hall–Kier alpha value is -4.35. The van der Waals surface area contributed by atoms with Crippen molar-refractivity contribution in [2.75, 3.05) is 27.4 Å². The molecule has 0 bridgehead atoms. The first kappa shape index (κ1) is 30.6. The third-order valence-electron chi connectivity index (χ3n) is 7.15. The van der Waals surface area contributed by atoms with E-state index < -0.39 is 47.2 Å². The van der Waals surface area contributed by atoms with Gasteiger partial charge in [0.2, 0.25) is 5.91 Å². The van der Waals surface area contributed by atoms with E-state index in [0.717, 1.165) is 0 Å². The van der Waals surface area contributed by atoms with E-state index >= 15 is 0 Å². The Kier molecular flexibility index (Phi) is 8.65. The molecule has 1 aliphatic heterocycles. The molecule has 0 spiro atoms. The van der Waals surface area contributed by atoms with Crippen LogP contribution in [0.5, 0.6) is 11.5 Å². The quantitative estimate of drug-likeness (QED) is 0.265. The smallest absolute Gasteiger partial charge is 0.411 e. The molecule has 2 amide bonds. The number of amides is 2. The van der Waals surface area contributed by atoms with Gasteiger partial charge in [-0.1, -0.05) is 6.08 Å². The summed E-state index contributed by atoms with van der Waals surface area (Å²) in [6.45, 7) is 10.8. The molecule has 1 saturated heterocycles. The molecule has 1 N–H and O–H groups in total. The highest BCUT2D eigenvalue weighted by atomic mass is 16.6. The van der Waals surface area contributed by atoms with E-state index in [4.69, 9.17) is 23.7 Å². The molecule has 4 rings (SSSR count). The van der Waals surface area contributed by atoms with Crippen molar-refractivity contribution in [1.82, 2.24) is 15.2 Å². The second kappa shape index (κ2) is 11.9. The summed E-state index contributed by atoms with van der Waals surface area (Å²) in [5.41, 5.74) is -1.60. The largest absolute Gasteiger partial charge is 0.497 e. The summed E-state index contributed by atoms with van der Waals surface area (Å²) < 4.78 is 27.3. The van der Waals surface area contributed by atoms with Crippen molar-refractivity contribution in [3.05, 3.63) is 42.6 Å². The first-order valence-electron chi connectivity index (χ1n) is 13.7. The number of hydrogen-bond donors (Lipinski definition) is 1. The number of nitrogens with zero attached hydrogens (tertiary/aromatic N) is 2. The number of rotatable bonds is 9. The maximum absolute atomic E-state index is 13.7. The molecule has 2 aliphatic rings. The number of hydrogen-bond acceptors (Lipinski definition) is 10. The highest BCUT2D eigenvalue weighted by Crippen LogP contribution is 2.46. The van der Waals surface area contributed by atoms with Crippen molar-refractivity contribution in [2.45, 2.75) is 63.8 Å². The van der Waals surface area contributed by atoms with E-state index in [1.54, 1.807) is 52.0 Å². The molecule has 12 heteroatoms. The molecule has 2 aromatic rings. The van der Waals surface area contributed by atoms with E-state index in [9.17, 15) is 19.2 Å². The Balaban J connectivity index is 1.65. The summed E-state index contributed by atoms with van der Waals surface area (Å²) in [6.07, 6.45) is 0.680. The second-order valence-corrected chi connectivity index (χ2v) is 11.2. The van der Waals surface area contributed by atoms with Crippen LogP contribution in [0, 0.1) is 5.92 Å². The zero-order valence-corrected chi connectivity index (χ0v) is 24.7. The molecule has 0 radical (unpaired) electrons. The van der Waals surface area contributed by atoms with Crippen molar-refractivity contribution in [1.29, 1.82) is 0 Å². The SMILES string of the molecule is C=CC1CC1(NC(=O)C1CC(Oc2cc(C(=O)OC)nc3cc(OC)ccc23)CN1C(=O)OC(C)(C)C)C(=O)OCC. The second-order valence-electron chi connectivity index (χ2n) is 11.2. The molecule has 2 heterocycles. The minimum Gasteiger partial charge on any atom is -0.497 e. The monoisotopic (exact) mass is 583 g/mol. The van der Waals surface area contributed by atoms with Gasteiger partial charge in [-0.25, -0.2) is 19.4 Å². The highest BCUT2D eigenvalue weighted by Gasteiger charge is 2.62. The minimum absolute atomic E-state index is 0.0117. The van der Waals surface area contributed by atoms with Crippen molar-refractivity contribution in [3.63, 3.8) is 0 Å². The predicted octanol–water partition coefficient (Wildman–Crippen LogP) is 3.41. The zero-order valence-electron chi connectivity index (χ0n) is 24.7. The lowest BCUT2D eigenvalue weighted by atomic mass is 10.1. The first-order valence-corrected chi connectivity index (χ1v) is 13.7. The lowest BCUT2D eigenvalue weighted by molar-refractivity contribution is -0.149. The average Bonchev–Trinajstić information content (AvgIpc) is 3.50. The Morgan fingerprint density at radius 1 is 1.19 bits per heavy atom. The third kappa shape index (κ3) is 6.27. The fourth-order valence-corrected chi connectivity index (χ4v) is 5.01. The predicted molar refractivity (Wildman–Crippen MR) is 151 cm³/mol. The van der Waals surface area contributed by atoms with Gasteiger partial charge < -0.3 is 29.0 Å². The number of nitrogens with one attached hydrogen (secondary N) is 1. The van der Waals surface area contributed by atoms with Gasteiger partial charge >= 0.3 is 18.0 Å². The number of ether oxygens (including phenoxy) is 5. The summed E-state index contributed by atoms with van der Waals surface area (Å²) in [6, 6.07) is 5.59. The van der Waals surface area contributed by atoms with Crippen LogP contribution in [0.3, 0.4) is 0 Å². The number of esters is 2. The topological polar surface area (TPSA) is 143 Å². The molecule has 12 nitrogen and oxygen atoms in total. The number of benzene rings is 1. The summed E-state index contributed by atoms with van der Waals surface area (Å²) in [4.78, 5) is 57.7. The molecule has 1 saturated carbocycles. The van der Waals surface area contributed by atoms with Crippen LogP contribution in [-0.2, 0) is 23.8 Å². The molecule has 2 fully saturated rings. The minimum atomic E-state index is -1.23. The molecule has 4 unspecified atom stereocenters. The lowest BCUT2D eigenvalue weighted by Crippen LogP contribution is -2.53. The Labute approximate surface area is 244 Å². The van der Waals surface area contributed by atoms with Crippen LogP contribution in [0.2, 0.25) is 0 Å². The summed E-state index contributed by atoms with van der Waals surface area (Å²) in [7, 11) is 2.77. The zero-order chi connectivity index (χ0) is 30.8. The number of aromatic nitrogens is 1. The van der Waals surface area contributed by atoms with Gasteiger partial charge in [0, 0.05) is 29.9 Å². The van der Waals surface area contributed by atoms with E-state index in [0.29, 0.717) is 28.8 Å². The Bertz CT molecular complexity index is 1400. The third-order valence-corrected chi connectivity index (χ3v) is 7.15.